The number of hydrogen-bond acceptors (Lipinski definition) is 2. The molecular formula is C24H50CaS2. The van der Waals surface area contributed by atoms with Crippen LogP contribution in [-0.4, -0.2) is 49.2 Å². The largest absolute Gasteiger partial charge is 2.00 e. The van der Waals surface area contributed by atoms with Gasteiger partial charge in [-0.1, -0.05) is 142 Å². The van der Waals surface area contributed by atoms with Crippen molar-refractivity contribution in [3.05, 3.63) is 0 Å². The normalized spacial score (nSPS) is 10.2. The van der Waals surface area contributed by atoms with E-state index in [1.54, 1.807) is 0 Å². The van der Waals surface area contributed by atoms with Crippen LogP contribution in [0, 0.1) is 0 Å². The summed E-state index contributed by atoms with van der Waals surface area (Å²) >= 11 is 9.80. The second kappa shape index (κ2) is 35.4. The summed E-state index contributed by atoms with van der Waals surface area (Å²) in [6.07, 6.45) is 28.1. The molecule has 0 atom stereocenters. The molecule has 3 heteroatoms. The average Bonchev–Trinajstić information content (AvgIpc) is 2.66. The van der Waals surface area contributed by atoms with Gasteiger partial charge < -0.3 is 25.3 Å². The summed E-state index contributed by atoms with van der Waals surface area (Å²) in [4.78, 5) is 0. The number of rotatable bonds is 20. The van der Waals surface area contributed by atoms with E-state index >= 15 is 0 Å². The second-order valence-corrected chi connectivity index (χ2v) is 8.59. The molecule has 0 nitrogen and oxygen atoms in total. The molecule has 0 aromatic carbocycles. The van der Waals surface area contributed by atoms with E-state index in [-0.39, 0.29) is 37.7 Å². The van der Waals surface area contributed by atoms with Crippen LogP contribution < -0.4 is 0 Å². The SMILES string of the molecule is CCCCCCCCCCCC[S-].CCCCCCCCCCCC[S-].[Ca+2]. The fraction of sp³-hybridized carbons (Fsp3) is 1.00. The van der Waals surface area contributed by atoms with Gasteiger partial charge in [-0.25, -0.2) is 0 Å². The Morgan fingerprint density at radius 1 is 0.333 bits per heavy atom. The zero-order chi connectivity index (χ0) is 19.6. The van der Waals surface area contributed by atoms with Crippen LogP contribution in [0.3, 0.4) is 0 Å². The Kier molecular flexibility index (Phi) is 44.0. The van der Waals surface area contributed by atoms with Crippen LogP contribution in [-0.2, 0) is 25.3 Å². The molecule has 0 spiro atoms. The zero-order valence-corrected chi connectivity index (χ0v) is 22.9. The molecule has 0 N–H and O–H groups in total. The van der Waals surface area contributed by atoms with Crippen molar-refractivity contribution in [2.24, 2.45) is 0 Å². The van der Waals surface area contributed by atoms with Gasteiger partial charge in [-0.2, -0.15) is 11.5 Å². The Hall–Kier alpha value is 1.96. The number of hydrogen-bond donors (Lipinski definition) is 0. The van der Waals surface area contributed by atoms with Crippen molar-refractivity contribution in [1.82, 2.24) is 0 Å². The van der Waals surface area contributed by atoms with E-state index in [0.717, 1.165) is 11.5 Å². The molecule has 0 saturated heterocycles. The average molecular weight is 443 g/mol. The molecule has 27 heavy (non-hydrogen) atoms. The minimum absolute atomic E-state index is 0. The smallest absolute Gasteiger partial charge is 0.793 e. The van der Waals surface area contributed by atoms with Gasteiger partial charge in [-0.15, -0.1) is 0 Å². The van der Waals surface area contributed by atoms with Gasteiger partial charge in [0, 0.05) is 0 Å². The van der Waals surface area contributed by atoms with Gasteiger partial charge in [0.15, 0.2) is 0 Å². The monoisotopic (exact) mass is 442 g/mol. The Morgan fingerprint density at radius 2 is 0.519 bits per heavy atom. The van der Waals surface area contributed by atoms with Gasteiger partial charge in [-0.3, -0.25) is 0 Å². The predicted octanol–water partition coefficient (Wildman–Crippen LogP) is 8.53. The first-order valence-electron chi connectivity index (χ1n) is 12.0. The topological polar surface area (TPSA) is 0 Å². The van der Waals surface area contributed by atoms with Crippen LogP contribution in [0.1, 0.15) is 142 Å². The van der Waals surface area contributed by atoms with Crippen LogP contribution in [0.25, 0.3) is 0 Å². The van der Waals surface area contributed by atoms with Crippen molar-refractivity contribution < 1.29 is 0 Å². The van der Waals surface area contributed by atoms with Gasteiger partial charge in [0.2, 0.25) is 0 Å². The maximum absolute atomic E-state index is 4.90. The van der Waals surface area contributed by atoms with Crippen LogP contribution in [0.4, 0.5) is 0 Å². The molecule has 0 aliphatic carbocycles. The van der Waals surface area contributed by atoms with Gasteiger partial charge >= 0.3 is 37.7 Å². The van der Waals surface area contributed by atoms with E-state index in [1.165, 1.54) is 128 Å². The van der Waals surface area contributed by atoms with Gasteiger partial charge in [0.05, 0.1) is 0 Å². The second-order valence-electron chi connectivity index (χ2n) is 7.77. The van der Waals surface area contributed by atoms with Crippen molar-refractivity contribution >= 4 is 63.0 Å². The molecule has 0 amide bonds. The Morgan fingerprint density at radius 3 is 0.704 bits per heavy atom. The van der Waals surface area contributed by atoms with Crippen LogP contribution in [0.2, 0.25) is 0 Å². The Labute approximate surface area is 215 Å². The van der Waals surface area contributed by atoms with Gasteiger partial charge in [0.25, 0.3) is 0 Å². The van der Waals surface area contributed by atoms with Crippen LogP contribution in [0.15, 0.2) is 0 Å². The summed E-state index contributed by atoms with van der Waals surface area (Å²) in [5, 5.41) is 0. The third-order valence-corrected chi connectivity index (χ3v) is 5.57. The molecule has 0 aromatic heterocycles. The molecule has 0 heterocycles. The molecule has 0 saturated carbocycles. The molecule has 0 aromatic rings. The summed E-state index contributed by atoms with van der Waals surface area (Å²) in [6, 6.07) is 0. The minimum Gasteiger partial charge on any atom is -0.793 e. The first kappa shape index (κ1) is 33.6. The molecule has 160 valence electrons. The van der Waals surface area contributed by atoms with E-state index in [0.29, 0.717) is 0 Å². The summed E-state index contributed by atoms with van der Waals surface area (Å²) in [6.45, 7) is 4.55. The van der Waals surface area contributed by atoms with E-state index in [1.807, 2.05) is 0 Å². The molecule has 0 rings (SSSR count). The Bertz CT molecular complexity index is 171. The molecule has 0 aliphatic rings. The first-order chi connectivity index (χ1) is 12.8. The molecular weight excluding hydrogens is 392 g/mol. The molecule has 0 unspecified atom stereocenters. The van der Waals surface area contributed by atoms with Crippen molar-refractivity contribution in [2.75, 3.05) is 11.5 Å². The summed E-state index contributed by atoms with van der Waals surface area (Å²) in [5.41, 5.74) is 0. The third-order valence-electron chi connectivity index (χ3n) is 5.00. The van der Waals surface area contributed by atoms with E-state index in [4.69, 9.17) is 25.3 Å². The maximum Gasteiger partial charge on any atom is 2.00 e. The first-order valence-corrected chi connectivity index (χ1v) is 13.1. The van der Waals surface area contributed by atoms with Crippen molar-refractivity contribution in [3.8, 4) is 0 Å². The zero-order valence-electron chi connectivity index (χ0n) is 19.1. The van der Waals surface area contributed by atoms with E-state index < -0.39 is 0 Å². The minimum atomic E-state index is 0. The standard InChI is InChI=1S/2C12H26S.Ca/c2*1-2-3-4-5-6-7-8-9-10-11-12-13;/h2*13H,2-12H2,1H3;/q;;+2/p-2. The molecule has 0 aliphatic heterocycles. The molecule has 0 radical (unpaired) electrons. The van der Waals surface area contributed by atoms with Crippen molar-refractivity contribution in [3.63, 3.8) is 0 Å². The number of unbranched alkanes of at least 4 members (excludes halogenated alkanes) is 18. The summed E-state index contributed by atoms with van der Waals surface area (Å²) < 4.78 is 0. The summed E-state index contributed by atoms with van der Waals surface area (Å²) in [7, 11) is 0. The van der Waals surface area contributed by atoms with E-state index in [9.17, 15) is 0 Å². The van der Waals surface area contributed by atoms with Gasteiger partial charge in [-0.05, 0) is 0 Å². The fourth-order valence-electron chi connectivity index (χ4n) is 3.18. The summed E-state index contributed by atoms with van der Waals surface area (Å²) in [5.74, 6) is 1.91. The van der Waals surface area contributed by atoms with Crippen molar-refractivity contribution in [1.29, 1.82) is 0 Å². The quantitative estimate of drug-likeness (QED) is 0.105. The molecule has 0 bridgehead atoms. The van der Waals surface area contributed by atoms with E-state index in [2.05, 4.69) is 13.8 Å². The molecule has 0 fully saturated rings. The maximum atomic E-state index is 4.90. The van der Waals surface area contributed by atoms with Gasteiger partial charge in [0.1, 0.15) is 0 Å². The fourth-order valence-corrected chi connectivity index (χ4v) is 3.59. The van der Waals surface area contributed by atoms with Crippen molar-refractivity contribution in [2.45, 2.75) is 142 Å². The van der Waals surface area contributed by atoms with Crippen LogP contribution >= 0.6 is 0 Å². The van der Waals surface area contributed by atoms with Crippen LogP contribution in [0.5, 0.6) is 0 Å². The Balaban J connectivity index is -0.000000411. The third kappa shape index (κ3) is 39.1. The predicted molar refractivity (Wildman–Crippen MR) is 134 cm³/mol.